The maximum Gasteiger partial charge on any atom is 0.339 e. The maximum absolute atomic E-state index is 12.4. The van der Waals surface area contributed by atoms with Crippen LogP contribution in [0.3, 0.4) is 0 Å². The summed E-state index contributed by atoms with van der Waals surface area (Å²) in [5.74, 6) is -2.73. The first-order valence-electron chi connectivity index (χ1n) is 7.34. The first kappa shape index (κ1) is 15.6. The molecule has 0 unspecified atom stereocenters. The highest BCUT2D eigenvalue weighted by molar-refractivity contribution is 5.94. The highest BCUT2D eigenvalue weighted by Crippen LogP contribution is 2.51. The van der Waals surface area contributed by atoms with Crippen LogP contribution >= 0.6 is 0 Å². The average Bonchev–Trinajstić information content (AvgIpc) is 2.65. The minimum Gasteiger partial charge on any atom is -0.425 e. The summed E-state index contributed by atoms with van der Waals surface area (Å²) in [6, 6.07) is 0. The Morgan fingerprint density at radius 1 is 1.32 bits per heavy atom. The second-order valence-electron chi connectivity index (χ2n) is 6.84. The standard InChI is InChI=1S/C15H20O7/c1-13(20)4-3-10(18)14(2)5-9(17)11-8(6-16)12(19)21-15(11,7-13)22-14/h9,16-17,20H,3-7H2,1-2H3/t9-,13-,14-,15-/m1/s1. The van der Waals surface area contributed by atoms with E-state index in [9.17, 15) is 24.9 Å². The number of Topliss-reactive ketones (excluding diaryl/α,β-unsaturated/α-hetero) is 1. The first-order chi connectivity index (χ1) is 10.1. The Labute approximate surface area is 127 Å². The van der Waals surface area contributed by atoms with Crippen LogP contribution in [0.1, 0.15) is 39.5 Å². The molecule has 3 rings (SSSR count). The van der Waals surface area contributed by atoms with Gasteiger partial charge < -0.3 is 24.8 Å². The molecular weight excluding hydrogens is 292 g/mol. The minimum atomic E-state index is -1.69. The number of aliphatic hydroxyl groups is 3. The van der Waals surface area contributed by atoms with Crippen LogP contribution in [0.5, 0.6) is 0 Å². The number of rotatable bonds is 1. The van der Waals surface area contributed by atoms with E-state index in [1.54, 1.807) is 6.92 Å². The second-order valence-corrected chi connectivity index (χ2v) is 6.84. The van der Waals surface area contributed by atoms with Gasteiger partial charge in [0.25, 0.3) is 0 Å². The minimum absolute atomic E-state index is 0.00873. The van der Waals surface area contributed by atoms with E-state index in [2.05, 4.69) is 0 Å². The van der Waals surface area contributed by atoms with E-state index in [1.165, 1.54) is 6.92 Å². The number of hydrogen-bond acceptors (Lipinski definition) is 7. The van der Waals surface area contributed by atoms with Crippen LogP contribution in [0.25, 0.3) is 0 Å². The maximum atomic E-state index is 12.4. The lowest BCUT2D eigenvalue weighted by Crippen LogP contribution is -2.60. The summed E-state index contributed by atoms with van der Waals surface area (Å²) < 4.78 is 11.2. The van der Waals surface area contributed by atoms with E-state index >= 15 is 0 Å². The van der Waals surface area contributed by atoms with Crippen molar-refractivity contribution in [2.45, 2.75) is 62.6 Å². The molecule has 2 saturated heterocycles. The highest BCUT2D eigenvalue weighted by atomic mass is 16.7. The van der Waals surface area contributed by atoms with Crippen LogP contribution < -0.4 is 0 Å². The number of ketones is 1. The molecule has 7 nitrogen and oxygen atoms in total. The molecule has 4 atom stereocenters. The summed E-state index contributed by atoms with van der Waals surface area (Å²) in [4.78, 5) is 24.4. The van der Waals surface area contributed by atoms with Gasteiger partial charge in [-0.2, -0.15) is 0 Å². The molecule has 1 spiro atoms. The molecule has 0 amide bonds. The smallest absolute Gasteiger partial charge is 0.339 e. The van der Waals surface area contributed by atoms with Gasteiger partial charge in [0.05, 0.1) is 23.9 Å². The fourth-order valence-electron chi connectivity index (χ4n) is 3.74. The Bertz CT molecular complexity index is 578. The largest absolute Gasteiger partial charge is 0.425 e. The molecule has 0 aromatic carbocycles. The summed E-state index contributed by atoms with van der Waals surface area (Å²) in [6.07, 6.45) is -0.922. The van der Waals surface area contributed by atoms with Crippen molar-refractivity contribution in [3.63, 3.8) is 0 Å². The summed E-state index contributed by atoms with van der Waals surface area (Å²) in [6.45, 7) is 2.50. The molecule has 3 N–H and O–H groups in total. The van der Waals surface area contributed by atoms with Crippen LogP contribution in [-0.4, -0.2) is 56.8 Å². The van der Waals surface area contributed by atoms with Crippen molar-refractivity contribution >= 4 is 11.8 Å². The molecule has 2 bridgehead atoms. The molecule has 0 aliphatic carbocycles. The normalized spacial score (nSPS) is 45.2. The molecule has 3 aliphatic rings. The molecule has 2 fully saturated rings. The summed E-state index contributed by atoms with van der Waals surface area (Å²) in [5, 5.41) is 30.3. The number of hydrogen-bond donors (Lipinski definition) is 3. The van der Waals surface area contributed by atoms with Crippen LogP contribution in [0, 0.1) is 0 Å². The number of esters is 1. The summed E-state index contributed by atoms with van der Waals surface area (Å²) >= 11 is 0. The fourth-order valence-corrected chi connectivity index (χ4v) is 3.74. The van der Waals surface area contributed by atoms with Gasteiger partial charge in [-0.3, -0.25) is 4.79 Å². The van der Waals surface area contributed by atoms with Crippen molar-refractivity contribution in [1.82, 2.24) is 0 Å². The molecule has 0 saturated carbocycles. The number of carbonyl (C=O) groups excluding carboxylic acids is 2. The van der Waals surface area contributed by atoms with E-state index in [4.69, 9.17) is 9.47 Å². The van der Waals surface area contributed by atoms with Crippen molar-refractivity contribution in [2.75, 3.05) is 6.61 Å². The number of aliphatic hydroxyl groups excluding tert-OH is 2. The van der Waals surface area contributed by atoms with Crippen LogP contribution in [0.15, 0.2) is 11.1 Å². The van der Waals surface area contributed by atoms with Crippen LogP contribution in [-0.2, 0) is 19.1 Å². The van der Waals surface area contributed by atoms with Gasteiger partial charge in [0.1, 0.15) is 5.60 Å². The second kappa shape index (κ2) is 4.61. The number of carbonyl (C=O) groups is 2. The van der Waals surface area contributed by atoms with Gasteiger partial charge in [0.15, 0.2) is 5.78 Å². The zero-order chi connectivity index (χ0) is 16.3. The molecule has 22 heavy (non-hydrogen) atoms. The third-order valence-corrected chi connectivity index (χ3v) is 4.80. The highest BCUT2D eigenvalue weighted by Gasteiger charge is 2.63. The lowest BCUT2D eigenvalue weighted by atomic mass is 9.74. The van der Waals surface area contributed by atoms with E-state index in [-0.39, 0.29) is 42.6 Å². The van der Waals surface area contributed by atoms with Gasteiger partial charge in [-0.25, -0.2) is 4.79 Å². The third-order valence-electron chi connectivity index (χ3n) is 4.80. The summed E-state index contributed by atoms with van der Waals surface area (Å²) in [7, 11) is 0. The lowest BCUT2D eigenvalue weighted by Gasteiger charge is -2.49. The lowest BCUT2D eigenvalue weighted by molar-refractivity contribution is -0.283. The molecule has 3 aliphatic heterocycles. The monoisotopic (exact) mass is 312 g/mol. The van der Waals surface area contributed by atoms with Crippen molar-refractivity contribution in [1.29, 1.82) is 0 Å². The van der Waals surface area contributed by atoms with E-state index in [0.29, 0.717) is 0 Å². The van der Waals surface area contributed by atoms with Crippen molar-refractivity contribution in [2.24, 2.45) is 0 Å². The molecule has 3 heterocycles. The van der Waals surface area contributed by atoms with Crippen LogP contribution in [0.4, 0.5) is 0 Å². The van der Waals surface area contributed by atoms with Crippen molar-refractivity contribution in [3.8, 4) is 0 Å². The van der Waals surface area contributed by atoms with Gasteiger partial charge >= 0.3 is 5.97 Å². The zero-order valence-corrected chi connectivity index (χ0v) is 12.6. The average molecular weight is 312 g/mol. The zero-order valence-electron chi connectivity index (χ0n) is 12.6. The fraction of sp³-hybridized carbons (Fsp3) is 0.733. The Morgan fingerprint density at radius 2 is 2.00 bits per heavy atom. The number of ether oxygens (including phenoxy) is 2. The van der Waals surface area contributed by atoms with E-state index in [0.717, 1.165) is 0 Å². The molecule has 0 radical (unpaired) electrons. The van der Waals surface area contributed by atoms with Gasteiger partial charge in [-0.1, -0.05) is 0 Å². The Balaban J connectivity index is 2.17. The predicted octanol–water partition coefficient (Wildman–Crippen LogP) is -0.428. The first-order valence-corrected chi connectivity index (χ1v) is 7.34. The topological polar surface area (TPSA) is 113 Å². The molecular formula is C15H20O7. The van der Waals surface area contributed by atoms with Gasteiger partial charge in [0, 0.05) is 24.8 Å². The SMILES string of the molecule is C[C@@]1(O)CCC(=O)[C@@]2(C)C[C@@H](O)C3=C(CO)C(=O)O[C@]3(C1)O2. The molecule has 122 valence electrons. The Morgan fingerprint density at radius 3 is 2.64 bits per heavy atom. The Hall–Kier alpha value is -1.28. The predicted molar refractivity (Wildman–Crippen MR) is 72.5 cm³/mol. The van der Waals surface area contributed by atoms with Gasteiger partial charge in [-0.15, -0.1) is 0 Å². The quantitative estimate of drug-likeness (QED) is 0.563. The number of fused-ring (bicyclic) bond motifs is 1. The van der Waals surface area contributed by atoms with Gasteiger partial charge in [0.2, 0.25) is 5.79 Å². The Kier molecular flexibility index (Phi) is 3.27. The van der Waals surface area contributed by atoms with E-state index in [1.807, 2.05) is 0 Å². The van der Waals surface area contributed by atoms with Crippen molar-refractivity contribution in [3.05, 3.63) is 11.1 Å². The van der Waals surface area contributed by atoms with Crippen LogP contribution in [0.2, 0.25) is 0 Å². The third kappa shape index (κ3) is 2.11. The van der Waals surface area contributed by atoms with Gasteiger partial charge in [-0.05, 0) is 20.3 Å². The summed E-state index contributed by atoms with van der Waals surface area (Å²) in [5.41, 5.74) is -2.51. The van der Waals surface area contributed by atoms with Crippen molar-refractivity contribution < 1.29 is 34.4 Å². The molecule has 7 heteroatoms. The molecule has 0 aromatic heterocycles. The van der Waals surface area contributed by atoms with E-state index < -0.39 is 35.7 Å². The molecule has 0 aromatic rings.